The fourth-order valence-corrected chi connectivity index (χ4v) is 3.15. The Hall–Kier alpha value is -3.41. The number of nitrogens with zero attached hydrogens (tertiary/aromatic N) is 1. The largest absolute Gasteiger partial charge is 0.423 e. The number of fused-ring (bicyclic) bond motifs is 1. The molecular weight excluding hydrogens is 332 g/mol. The topological polar surface area (TPSA) is 79.5 Å². The molecule has 0 unspecified atom stereocenters. The van der Waals surface area contributed by atoms with E-state index in [2.05, 4.69) is 4.98 Å². The second-order valence-electron chi connectivity index (χ2n) is 6.13. The molecule has 26 heavy (non-hydrogen) atoms. The summed E-state index contributed by atoms with van der Waals surface area (Å²) in [4.78, 5) is 40.5. The number of ether oxygens (including phenoxy) is 1. The molecule has 1 amide bonds. The first kappa shape index (κ1) is 16.1. The van der Waals surface area contributed by atoms with Crippen molar-refractivity contribution < 1.29 is 14.3 Å². The number of benzene rings is 2. The standard InChI is InChI=1S/C20H16N2O4/c23-18-12-16(15-4-1-2-5-17(15)21-18)20(25)26-14-9-7-13(8-10-14)22-11-3-6-19(22)24/h1-2,4-5,7-10,12H,3,6,11H2,(H,21,23). The SMILES string of the molecule is O=C(Oc1ccc(N2CCCC2=O)cc1)c1cc(=O)[nH]c2ccccc12. The van der Waals surface area contributed by atoms with Gasteiger partial charge in [-0.15, -0.1) is 0 Å². The predicted octanol–water partition coefficient (Wildman–Crippen LogP) is 2.87. The van der Waals surface area contributed by atoms with Crippen LogP contribution < -0.4 is 15.2 Å². The lowest BCUT2D eigenvalue weighted by atomic mass is 10.1. The molecule has 6 nitrogen and oxygen atoms in total. The number of rotatable bonds is 3. The monoisotopic (exact) mass is 348 g/mol. The van der Waals surface area contributed by atoms with Gasteiger partial charge in [0.15, 0.2) is 0 Å². The van der Waals surface area contributed by atoms with E-state index in [1.165, 1.54) is 6.07 Å². The van der Waals surface area contributed by atoms with Gasteiger partial charge in [0.25, 0.3) is 0 Å². The second kappa shape index (κ2) is 6.48. The molecule has 1 aliphatic heterocycles. The third kappa shape index (κ3) is 2.97. The predicted molar refractivity (Wildman–Crippen MR) is 97.6 cm³/mol. The van der Waals surface area contributed by atoms with E-state index in [4.69, 9.17) is 4.74 Å². The third-order valence-electron chi connectivity index (χ3n) is 4.40. The van der Waals surface area contributed by atoms with Gasteiger partial charge in [-0.2, -0.15) is 0 Å². The summed E-state index contributed by atoms with van der Waals surface area (Å²) in [6, 6.07) is 15.1. The van der Waals surface area contributed by atoms with Crippen molar-refractivity contribution in [2.45, 2.75) is 12.8 Å². The summed E-state index contributed by atoms with van der Waals surface area (Å²) in [6.07, 6.45) is 1.41. The number of carbonyl (C=O) groups excluding carboxylic acids is 2. The fraction of sp³-hybridized carbons (Fsp3) is 0.150. The number of aromatic nitrogens is 1. The van der Waals surface area contributed by atoms with Gasteiger partial charge >= 0.3 is 5.97 Å². The minimum atomic E-state index is -0.600. The van der Waals surface area contributed by atoms with E-state index in [0.29, 0.717) is 29.6 Å². The van der Waals surface area contributed by atoms with E-state index < -0.39 is 5.97 Å². The molecule has 1 N–H and O–H groups in total. The molecule has 1 aliphatic rings. The van der Waals surface area contributed by atoms with Crippen LogP contribution in [0.25, 0.3) is 10.9 Å². The molecule has 0 radical (unpaired) electrons. The third-order valence-corrected chi connectivity index (χ3v) is 4.40. The Morgan fingerprint density at radius 3 is 2.54 bits per heavy atom. The number of amides is 1. The van der Waals surface area contributed by atoms with Crippen molar-refractivity contribution >= 4 is 28.5 Å². The van der Waals surface area contributed by atoms with Crippen molar-refractivity contribution in [1.82, 2.24) is 4.98 Å². The molecule has 2 aromatic carbocycles. The Kier molecular flexibility index (Phi) is 4.01. The maximum Gasteiger partial charge on any atom is 0.344 e. The van der Waals surface area contributed by atoms with Gasteiger partial charge in [-0.25, -0.2) is 4.79 Å². The number of anilines is 1. The summed E-state index contributed by atoms with van der Waals surface area (Å²) < 4.78 is 5.41. The zero-order chi connectivity index (χ0) is 18.1. The molecule has 0 spiro atoms. The highest BCUT2D eigenvalue weighted by molar-refractivity contribution is 6.04. The van der Waals surface area contributed by atoms with Gasteiger partial charge in [0, 0.05) is 35.6 Å². The minimum absolute atomic E-state index is 0.102. The zero-order valence-corrected chi connectivity index (χ0v) is 13.9. The molecule has 0 atom stereocenters. The molecule has 2 heterocycles. The summed E-state index contributed by atoms with van der Waals surface area (Å²) in [5.41, 5.74) is 1.21. The molecular formula is C20H16N2O4. The normalized spacial score (nSPS) is 14.0. The first-order chi connectivity index (χ1) is 12.6. The molecule has 6 heteroatoms. The van der Waals surface area contributed by atoms with E-state index in [0.717, 1.165) is 12.1 Å². The van der Waals surface area contributed by atoms with Crippen LogP contribution in [0.2, 0.25) is 0 Å². The highest BCUT2D eigenvalue weighted by Gasteiger charge is 2.21. The van der Waals surface area contributed by atoms with E-state index in [1.807, 2.05) is 0 Å². The smallest absolute Gasteiger partial charge is 0.344 e. The quantitative estimate of drug-likeness (QED) is 0.583. The number of para-hydroxylation sites is 1. The van der Waals surface area contributed by atoms with Crippen molar-refractivity contribution in [2.75, 3.05) is 11.4 Å². The Morgan fingerprint density at radius 2 is 1.81 bits per heavy atom. The van der Waals surface area contributed by atoms with Crippen molar-refractivity contribution in [3.8, 4) is 5.75 Å². The Bertz CT molecular complexity index is 1050. The van der Waals surface area contributed by atoms with Crippen LogP contribution in [0.3, 0.4) is 0 Å². The van der Waals surface area contributed by atoms with Crippen LogP contribution >= 0.6 is 0 Å². The average Bonchev–Trinajstić information content (AvgIpc) is 3.07. The van der Waals surface area contributed by atoms with Gasteiger partial charge in [-0.1, -0.05) is 18.2 Å². The van der Waals surface area contributed by atoms with Crippen LogP contribution in [0, 0.1) is 0 Å². The molecule has 130 valence electrons. The summed E-state index contributed by atoms with van der Waals surface area (Å²) in [7, 11) is 0. The number of pyridine rings is 1. The number of aromatic amines is 1. The number of H-pyrrole nitrogens is 1. The van der Waals surface area contributed by atoms with Crippen molar-refractivity contribution in [2.24, 2.45) is 0 Å². The van der Waals surface area contributed by atoms with Crippen LogP contribution in [0.1, 0.15) is 23.2 Å². The van der Waals surface area contributed by atoms with Crippen molar-refractivity contribution in [3.05, 3.63) is 70.5 Å². The van der Waals surface area contributed by atoms with Crippen LogP contribution in [0.15, 0.2) is 59.4 Å². The molecule has 1 fully saturated rings. The van der Waals surface area contributed by atoms with E-state index in [9.17, 15) is 14.4 Å². The Labute approximate surface area is 149 Å². The highest BCUT2D eigenvalue weighted by Crippen LogP contribution is 2.25. The zero-order valence-electron chi connectivity index (χ0n) is 13.9. The van der Waals surface area contributed by atoms with Crippen molar-refractivity contribution in [3.63, 3.8) is 0 Å². The van der Waals surface area contributed by atoms with Gasteiger partial charge in [-0.05, 0) is 36.8 Å². The fourth-order valence-electron chi connectivity index (χ4n) is 3.15. The molecule has 1 aromatic heterocycles. The average molecular weight is 348 g/mol. The minimum Gasteiger partial charge on any atom is -0.423 e. The number of esters is 1. The lowest BCUT2D eigenvalue weighted by Gasteiger charge is -2.15. The van der Waals surface area contributed by atoms with E-state index >= 15 is 0 Å². The molecule has 0 saturated carbocycles. The van der Waals surface area contributed by atoms with Crippen molar-refractivity contribution in [1.29, 1.82) is 0 Å². The van der Waals surface area contributed by atoms with Gasteiger partial charge in [0.2, 0.25) is 11.5 Å². The van der Waals surface area contributed by atoms with Gasteiger partial charge in [0.1, 0.15) is 5.75 Å². The number of hydrogen-bond acceptors (Lipinski definition) is 4. The van der Waals surface area contributed by atoms with Crippen LogP contribution in [-0.4, -0.2) is 23.4 Å². The Morgan fingerprint density at radius 1 is 1.04 bits per heavy atom. The number of nitrogens with one attached hydrogen (secondary N) is 1. The number of carbonyl (C=O) groups is 2. The maximum atomic E-state index is 12.5. The van der Waals surface area contributed by atoms with Gasteiger partial charge in [0.05, 0.1) is 5.56 Å². The lowest BCUT2D eigenvalue weighted by molar-refractivity contribution is -0.117. The molecule has 1 saturated heterocycles. The van der Waals surface area contributed by atoms with Gasteiger partial charge < -0.3 is 14.6 Å². The number of hydrogen-bond donors (Lipinski definition) is 1. The van der Waals surface area contributed by atoms with E-state index in [-0.39, 0.29) is 17.0 Å². The first-order valence-electron chi connectivity index (χ1n) is 8.36. The summed E-state index contributed by atoms with van der Waals surface area (Å²) in [5, 5.41) is 0.622. The first-order valence-corrected chi connectivity index (χ1v) is 8.36. The highest BCUT2D eigenvalue weighted by atomic mass is 16.5. The van der Waals surface area contributed by atoms with Crippen LogP contribution in [0.5, 0.6) is 5.75 Å². The Balaban J connectivity index is 1.59. The van der Waals surface area contributed by atoms with Crippen LogP contribution in [0.4, 0.5) is 5.69 Å². The van der Waals surface area contributed by atoms with E-state index in [1.54, 1.807) is 53.4 Å². The summed E-state index contributed by atoms with van der Waals surface area (Å²) in [5.74, 6) is -0.142. The van der Waals surface area contributed by atoms with Crippen LogP contribution in [-0.2, 0) is 4.79 Å². The summed E-state index contributed by atoms with van der Waals surface area (Å²) in [6.45, 7) is 0.705. The second-order valence-corrected chi connectivity index (χ2v) is 6.13. The lowest BCUT2D eigenvalue weighted by Crippen LogP contribution is -2.23. The molecule has 3 aromatic rings. The molecule has 0 aliphatic carbocycles. The van der Waals surface area contributed by atoms with Gasteiger partial charge in [-0.3, -0.25) is 9.59 Å². The molecule has 0 bridgehead atoms. The summed E-state index contributed by atoms with van der Waals surface area (Å²) >= 11 is 0. The maximum absolute atomic E-state index is 12.5. The molecule has 4 rings (SSSR count).